The largest absolute Gasteiger partial charge is 2.00 e. The van der Waals surface area contributed by atoms with Crippen LogP contribution in [0.25, 0.3) is 44.4 Å². The summed E-state index contributed by atoms with van der Waals surface area (Å²) < 4.78 is 0. The fraction of sp³-hybridized carbons (Fsp3) is 0.353. The third-order valence-electron chi connectivity index (χ3n) is 8.67. The zero-order chi connectivity index (χ0) is 30.3. The van der Waals surface area contributed by atoms with E-state index in [0.29, 0.717) is 11.4 Å². The number of aryl methyl sites for hydroxylation is 4. The van der Waals surface area contributed by atoms with E-state index < -0.39 is 11.9 Å². The number of carboxylic acids is 2. The molecule has 0 atom stereocenters. The second-order valence-corrected chi connectivity index (χ2v) is 11.1. The molecule has 43 heavy (non-hydrogen) atoms. The van der Waals surface area contributed by atoms with Gasteiger partial charge in [-0.05, 0) is 135 Å². The van der Waals surface area contributed by atoms with Gasteiger partial charge in [0.2, 0.25) is 0 Å². The van der Waals surface area contributed by atoms with Crippen molar-refractivity contribution in [3.63, 3.8) is 0 Å². The number of carboxylic acid groups (broad SMARTS) is 2. The van der Waals surface area contributed by atoms with Crippen molar-refractivity contribution in [2.45, 2.75) is 80.1 Å². The number of aromatic nitrogens is 4. The van der Waals surface area contributed by atoms with Gasteiger partial charge in [-0.15, -0.1) is 0 Å². The van der Waals surface area contributed by atoms with Crippen molar-refractivity contribution >= 4 is 56.3 Å². The normalized spacial score (nSPS) is 13.0. The third kappa shape index (κ3) is 6.10. The first-order valence-electron chi connectivity index (χ1n) is 14.6. The molecule has 2 aliphatic rings. The maximum absolute atomic E-state index is 11.4. The summed E-state index contributed by atoms with van der Waals surface area (Å²) in [6.45, 7) is 12.4. The summed E-state index contributed by atoms with van der Waals surface area (Å²) in [5.74, 6) is -2.25. The molecule has 0 aliphatic carbocycles. The van der Waals surface area contributed by atoms with E-state index in [0.717, 1.165) is 74.2 Å². The van der Waals surface area contributed by atoms with Crippen molar-refractivity contribution in [3.05, 3.63) is 69.3 Å². The predicted octanol–water partition coefficient (Wildman–Crippen LogP) is 4.98. The molecule has 0 saturated carbocycles. The van der Waals surface area contributed by atoms with E-state index in [1.807, 2.05) is 32.0 Å². The average Bonchev–Trinajstić information content (AvgIpc) is 3.59. The summed E-state index contributed by atoms with van der Waals surface area (Å²) in [6, 6.07) is 8.09. The van der Waals surface area contributed by atoms with Gasteiger partial charge >= 0.3 is 17.1 Å². The van der Waals surface area contributed by atoms with E-state index in [1.165, 1.54) is 16.7 Å². The molecule has 0 amide bonds. The standard InChI is InChI=1S/C34H38N4O4.Fe/c1-7-21-17(3)25-13-26-19(5)23(9-11-33(39)40)31(37-26)16-32-24(10-12-34(41)42)20(6)28(38-32)15-30-22(8-2)18(4)27(36-30)14-29(21)35-25;/h13-16,35-36H,7-12H2,1-6H3,(H,39,40)(H,41,42);/q;+2/p-2. The number of aliphatic carboxylic acids is 2. The van der Waals surface area contributed by atoms with Gasteiger partial charge < -0.3 is 29.8 Å². The zero-order valence-corrected chi connectivity index (χ0v) is 26.5. The topological polar surface area (TPSA) is 138 Å². The molecule has 5 heterocycles. The van der Waals surface area contributed by atoms with Crippen molar-refractivity contribution in [3.8, 4) is 0 Å². The molecule has 0 spiro atoms. The zero-order valence-electron chi connectivity index (χ0n) is 25.4. The predicted molar refractivity (Wildman–Crippen MR) is 163 cm³/mol. The average molecular weight is 621 g/mol. The Balaban J connectivity index is 0.00000423. The maximum Gasteiger partial charge on any atom is 2.00 e. The van der Waals surface area contributed by atoms with Gasteiger partial charge in [-0.1, -0.05) is 13.8 Å². The van der Waals surface area contributed by atoms with Gasteiger partial charge in [0, 0.05) is 34.0 Å². The second-order valence-electron chi connectivity index (χ2n) is 11.1. The van der Waals surface area contributed by atoms with Crippen LogP contribution >= 0.6 is 0 Å². The summed E-state index contributed by atoms with van der Waals surface area (Å²) >= 11 is 0. The Kier molecular flexibility index (Phi) is 9.47. The van der Waals surface area contributed by atoms with E-state index in [2.05, 4.69) is 43.7 Å². The summed E-state index contributed by atoms with van der Waals surface area (Å²) in [4.78, 5) is 40.0. The molecule has 8 nitrogen and oxygen atoms in total. The molecule has 0 radical (unpaired) electrons. The van der Waals surface area contributed by atoms with Gasteiger partial charge in [0.1, 0.15) is 0 Å². The molecular formula is C34H36FeN4O4. The molecular weight excluding hydrogens is 584 g/mol. The first-order valence-corrected chi connectivity index (χ1v) is 14.6. The van der Waals surface area contributed by atoms with E-state index in [-0.39, 0.29) is 42.8 Å². The molecule has 5 rings (SSSR count). The van der Waals surface area contributed by atoms with E-state index in [1.54, 1.807) is 0 Å². The van der Waals surface area contributed by atoms with Crippen molar-refractivity contribution in [1.29, 1.82) is 0 Å². The van der Waals surface area contributed by atoms with Gasteiger partial charge in [0.25, 0.3) is 0 Å². The van der Waals surface area contributed by atoms with Gasteiger partial charge in [0.15, 0.2) is 0 Å². The quantitative estimate of drug-likeness (QED) is 0.341. The van der Waals surface area contributed by atoms with E-state index in [4.69, 9.17) is 9.97 Å². The maximum atomic E-state index is 11.4. The Morgan fingerprint density at radius 3 is 1.44 bits per heavy atom. The molecule has 8 bridgehead atoms. The Hall–Kier alpha value is -3.94. The van der Waals surface area contributed by atoms with Crippen LogP contribution < -0.4 is 10.2 Å². The van der Waals surface area contributed by atoms with Crippen LogP contribution in [0.4, 0.5) is 0 Å². The van der Waals surface area contributed by atoms with Crippen LogP contribution in [0.1, 0.15) is 98.4 Å². The fourth-order valence-corrected chi connectivity index (χ4v) is 6.21. The van der Waals surface area contributed by atoms with Crippen LogP contribution in [0.2, 0.25) is 0 Å². The molecule has 2 N–H and O–H groups in total. The van der Waals surface area contributed by atoms with Crippen LogP contribution in [-0.2, 0) is 39.5 Å². The van der Waals surface area contributed by atoms with Crippen molar-refractivity contribution in [2.24, 2.45) is 0 Å². The Bertz CT molecular complexity index is 1860. The number of hydrogen-bond donors (Lipinski definition) is 2. The summed E-state index contributed by atoms with van der Waals surface area (Å²) in [6.07, 6.45) is 1.96. The minimum absolute atomic E-state index is 0. The number of hydrogen-bond acceptors (Lipinski definition) is 6. The second kappa shape index (κ2) is 12.7. The van der Waals surface area contributed by atoms with Crippen molar-refractivity contribution in [2.75, 3.05) is 0 Å². The number of carbonyl (C=O) groups excluding carboxylic acids is 2. The van der Waals surface area contributed by atoms with Crippen LogP contribution in [-0.4, -0.2) is 31.9 Å². The number of aromatic amines is 2. The fourth-order valence-electron chi connectivity index (χ4n) is 6.21. The first kappa shape index (κ1) is 32.0. The molecule has 2 aliphatic heterocycles. The van der Waals surface area contributed by atoms with Crippen LogP contribution in [0, 0.1) is 13.8 Å². The van der Waals surface area contributed by atoms with Crippen molar-refractivity contribution in [1.82, 2.24) is 19.9 Å². The molecule has 9 heteroatoms. The SMILES string of the molecule is CCc1c(C)c2cc3[nH]c(cc4nc(cc5nc(cc1[nH]2)C(C)=C5CCC(=O)[O-])C(CCC(=O)[O-])=C4C)c(C)c3CC.[Fe+2]. The molecule has 0 unspecified atom stereocenters. The Labute approximate surface area is 261 Å². The molecule has 0 aromatic carbocycles. The molecule has 0 saturated heterocycles. The molecule has 0 fully saturated rings. The van der Waals surface area contributed by atoms with Gasteiger partial charge in [-0.3, -0.25) is 0 Å². The minimum atomic E-state index is -1.13. The van der Waals surface area contributed by atoms with Crippen LogP contribution in [0.15, 0.2) is 24.3 Å². The van der Waals surface area contributed by atoms with Gasteiger partial charge in [-0.25, -0.2) is 9.97 Å². The van der Waals surface area contributed by atoms with Gasteiger partial charge in [-0.2, -0.15) is 0 Å². The van der Waals surface area contributed by atoms with Crippen LogP contribution in [0.3, 0.4) is 0 Å². The monoisotopic (exact) mass is 620 g/mol. The van der Waals surface area contributed by atoms with Crippen LogP contribution in [0.5, 0.6) is 0 Å². The summed E-state index contributed by atoms with van der Waals surface area (Å²) in [7, 11) is 0. The smallest absolute Gasteiger partial charge is 0.550 e. The van der Waals surface area contributed by atoms with E-state index in [9.17, 15) is 19.8 Å². The van der Waals surface area contributed by atoms with Crippen molar-refractivity contribution < 1.29 is 36.9 Å². The summed E-state index contributed by atoms with van der Waals surface area (Å²) in [5, 5.41) is 22.8. The first-order chi connectivity index (χ1) is 20.0. The number of H-pyrrole nitrogens is 2. The number of fused-ring (bicyclic) bond motifs is 8. The summed E-state index contributed by atoms with van der Waals surface area (Å²) in [5.41, 5.74) is 14.9. The Morgan fingerprint density at radius 2 is 1.02 bits per heavy atom. The number of rotatable bonds is 8. The number of nitrogens with one attached hydrogen (secondary N) is 2. The number of allylic oxidation sites excluding steroid dienone is 4. The minimum Gasteiger partial charge on any atom is -0.550 e. The molecule has 3 aromatic heterocycles. The number of nitrogens with zero attached hydrogens (tertiary/aromatic N) is 2. The molecule has 224 valence electrons. The molecule has 3 aromatic rings. The Morgan fingerprint density at radius 1 is 0.628 bits per heavy atom. The van der Waals surface area contributed by atoms with E-state index >= 15 is 0 Å². The third-order valence-corrected chi connectivity index (χ3v) is 8.67. The number of carbonyl (C=O) groups is 2. The van der Waals surface area contributed by atoms with Gasteiger partial charge in [0.05, 0.1) is 22.8 Å².